The van der Waals surface area contributed by atoms with Crippen molar-refractivity contribution in [3.05, 3.63) is 23.8 Å². The molecule has 2 saturated heterocycles. The van der Waals surface area contributed by atoms with Crippen molar-refractivity contribution in [2.24, 2.45) is 5.73 Å². The van der Waals surface area contributed by atoms with Gasteiger partial charge in [0.25, 0.3) is 0 Å². The molecule has 8 heteroatoms. The largest absolute Gasteiger partial charge is 0.444 e. The molecule has 4 rings (SSSR count). The Morgan fingerprint density at radius 1 is 1.41 bits per heavy atom. The Kier molecular flexibility index (Phi) is 4.92. The maximum atomic E-state index is 12.4. The van der Waals surface area contributed by atoms with Crippen LogP contribution in [0.2, 0.25) is 0 Å². The van der Waals surface area contributed by atoms with Crippen molar-refractivity contribution in [3.8, 4) is 0 Å². The van der Waals surface area contributed by atoms with Crippen LogP contribution >= 0.6 is 0 Å². The van der Waals surface area contributed by atoms with E-state index in [1.807, 2.05) is 6.07 Å². The molecule has 0 radical (unpaired) electrons. The molecular formula is C19H26N4O4. The molecule has 1 aromatic carbocycles. The van der Waals surface area contributed by atoms with Crippen LogP contribution < -0.4 is 20.9 Å². The Labute approximate surface area is 158 Å². The number of hydrogen-bond donors (Lipinski definition) is 2. The van der Waals surface area contributed by atoms with Gasteiger partial charge in [0, 0.05) is 45.2 Å². The average molecular weight is 374 g/mol. The van der Waals surface area contributed by atoms with Crippen LogP contribution in [0.15, 0.2) is 18.2 Å². The molecule has 27 heavy (non-hydrogen) atoms. The summed E-state index contributed by atoms with van der Waals surface area (Å²) in [4.78, 5) is 27.5. The van der Waals surface area contributed by atoms with E-state index in [0.29, 0.717) is 26.1 Å². The fourth-order valence-corrected chi connectivity index (χ4v) is 4.20. The molecule has 3 atom stereocenters. The zero-order chi connectivity index (χ0) is 19.0. The monoisotopic (exact) mass is 374 g/mol. The van der Waals surface area contributed by atoms with E-state index in [-0.39, 0.29) is 30.3 Å². The summed E-state index contributed by atoms with van der Waals surface area (Å²) in [6.45, 7) is 4.80. The quantitative estimate of drug-likeness (QED) is 0.785. The van der Waals surface area contributed by atoms with Gasteiger partial charge in [-0.2, -0.15) is 0 Å². The van der Waals surface area contributed by atoms with Crippen molar-refractivity contribution in [3.63, 3.8) is 0 Å². The number of hydrogen-bond acceptors (Lipinski definition) is 6. The topological polar surface area (TPSA) is 97.1 Å². The molecule has 0 spiro atoms. The van der Waals surface area contributed by atoms with E-state index in [9.17, 15) is 9.59 Å². The number of rotatable bonds is 5. The highest BCUT2D eigenvalue weighted by Gasteiger charge is 2.47. The minimum absolute atomic E-state index is 0.00186. The van der Waals surface area contributed by atoms with Gasteiger partial charge in [0.05, 0.1) is 24.4 Å². The maximum absolute atomic E-state index is 12.4. The molecule has 0 aromatic heterocycles. The number of fused-ring (bicyclic) bond motifs is 3. The van der Waals surface area contributed by atoms with Gasteiger partial charge in [0.2, 0.25) is 5.91 Å². The number of morpholine rings is 1. The zero-order valence-electron chi connectivity index (χ0n) is 15.5. The van der Waals surface area contributed by atoms with E-state index in [2.05, 4.69) is 22.3 Å². The first-order valence-electron chi connectivity index (χ1n) is 9.50. The molecule has 2 amide bonds. The number of benzene rings is 1. The Bertz CT molecular complexity index is 740. The number of amides is 2. The van der Waals surface area contributed by atoms with Crippen molar-refractivity contribution < 1.29 is 19.1 Å². The third-order valence-corrected chi connectivity index (χ3v) is 5.53. The van der Waals surface area contributed by atoms with E-state index >= 15 is 0 Å². The number of ether oxygens (including phenoxy) is 2. The number of cyclic esters (lactones) is 1. The molecule has 3 heterocycles. The second kappa shape index (κ2) is 7.36. The molecule has 0 aliphatic carbocycles. The van der Waals surface area contributed by atoms with Gasteiger partial charge in [-0.1, -0.05) is 0 Å². The van der Waals surface area contributed by atoms with E-state index in [0.717, 1.165) is 36.4 Å². The van der Waals surface area contributed by atoms with Gasteiger partial charge in [0.1, 0.15) is 6.10 Å². The van der Waals surface area contributed by atoms with Crippen LogP contribution in [0.3, 0.4) is 0 Å². The first-order chi connectivity index (χ1) is 13.1. The highest BCUT2D eigenvalue weighted by Crippen LogP contribution is 2.41. The minimum atomic E-state index is -0.297. The van der Waals surface area contributed by atoms with Gasteiger partial charge < -0.3 is 25.4 Å². The van der Waals surface area contributed by atoms with E-state index in [4.69, 9.17) is 15.2 Å². The van der Waals surface area contributed by atoms with Crippen molar-refractivity contribution in [1.29, 1.82) is 0 Å². The molecule has 1 aromatic rings. The summed E-state index contributed by atoms with van der Waals surface area (Å²) in [7, 11) is 0. The fraction of sp³-hybridized carbons (Fsp3) is 0.579. The number of nitrogens with zero attached hydrogens (tertiary/aromatic N) is 2. The summed E-state index contributed by atoms with van der Waals surface area (Å²) >= 11 is 0. The van der Waals surface area contributed by atoms with Gasteiger partial charge in [-0.15, -0.1) is 0 Å². The maximum Gasteiger partial charge on any atom is 0.415 e. The van der Waals surface area contributed by atoms with E-state index in [1.54, 1.807) is 4.90 Å². The number of nitrogens with one attached hydrogen (secondary N) is 1. The molecule has 2 fully saturated rings. The zero-order valence-corrected chi connectivity index (χ0v) is 15.5. The smallest absolute Gasteiger partial charge is 0.415 e. The van der Waals surface area contributed by atoms with Crippen LogP contribution in [0.1, 0.15) is 18.9 Å². The Hall–Kier alpha value is -2.32. The lowest BCUT2D eigenvalue weighted by atomic mass is 10.0. The molecule has 3 aliphatic rings. The number of carbonyl (C=O) groups is 2. The van der Waals surface area contributed by atoms with E-state index in [1.165, 1.54) is 6.92 Å². The third-order valence-electron chi connectivity index (χ3n) is 5.53. The minimum Gasteiger partial charge on any atom is -0.444 e. The normalized spacial score (nSPS) is 26.6. The molecule has 3 aliphatic heterocycles. The summed E-state index contributed by atoms with van der Waals surface area (Å²) < 4.78 is 11.2. The van der Waals surface area contributed by atoms with Crippen molar-refractivity contribution in [2.75, 3.05) is 42.6 Å². The standard InChI is InChI=1S/C19H26N4O4/c1-12(24)21-5-4-18-17-9-13-8-14(22-6-7-26-15(10-20)11-22)2-3-16(13)23(17)19(25)27-18/h2-3,8,15,17-18H,4-7,9-11,20H2,1H3,(H,21,24)/t15-,17-,18-/m0/s1. The number of anilines is 2. The lowest BCUT2D eigenvalue weighted by Crippen LogP contribution is -2.45. The Morgan fingerprint density at radius 2 is 2.26 bits per heavy atom. The van der Waals surface area contributed by atoms with Gasteiger partial charge in [-0.05, 0) is 30.2 Å². The molecule has 0 unspecified atom stereocenters. The van der Waals surface area contributed by atoms with Crippen LogP contribution in [0, 0.1) is 0 Å². The molecule has 0 saturated carbocycles. The second-order valence-electron chi connectivity index (χ2n) is 7.32. The van der Waals surface area contributed by atoms with Gasteiger partial charge in [-0.3, -0.25) is 9.69 Å². The summed E-state index contributed by atoms with van der Waals surface area (Å²) in [5, 5.41) is 2.77. The molecule has 146 valence electrons. The van der Waals surface area contributed by atoms with Gasteiger partial charge >= 0.3 is 6.09 Å². The van der Waals surface area contributed by atoms with Gasteiger partial charge in [0.15, 0.2) is 0 Å². The number of carbonyl (C=O) groups excluding carboxylic acids is 2. The Morgan fingerprint density at radius 3 is 3.04 bits per heavy atom. The summed E-state index contributed by atoms with van der Waals surface area (Å²) in [6, 6.07) is 6.23. The molecule has 0 bridgehead atoms. The average Bonchev–Trinajstić information content (AvgIpc) is 3.19. The van der Waals surface area contributed by atoms with Crippen LogP contribution in [0.25, 0.3) is 0 Å². The fourth-order valence-electron chi connectivity index (χ4n) is 4.20. The van der Waals surface area contributed by atoms with Crippen molar-refractivity contribution in [2.45, 2.75) is 38.0 Å². The van der Waals surface area contributed by atoms with Crippen LogP contribution in [-0.2, 0) is 20.7 Å². The predicted octanol–water partition coefficient (Wildman–Crippen LogP) is 0.627. The van der Waals surface area contributed by atoms with Gasteiger partial charge in [-0.25, -0.2) is 4.79 Å². The first-order valence-corrected chi connectivity index (χ1v) is 9.50. The number of nitrogens with two attached hydrogens (primary N) is 1. The Balaban J connectivity index is 1.48. The van der Waals surface area contributed by atoms with Crippen LogP contribution in [0.4, 0.5) is 16.2 Å². The van der Waals surface area contributed by atoms with Crippen molar-refractivity contribution in [1.82, 2.24) is 5.32 Å². The third kappa shape index (κ3) is 3.46. The van der Waals surface area contributed by atoms with Crippen LogP contribution in [0.5, 0.6) is 0 Å². The lowest BCUT2D eigenvalue weighted by Gasteiger charge is -2.34. The summed E-state index contributed by atoms with van der Waals surface area (Å²) in [5.74, 6) is -0.0724. The van der Waals surface area contributed by atoms with Crippen molar-refractivity contribution >= 4 is 23.4 Å². The predicted molar refractivity (Wildman–Crippen MR) is 101 cm³/mol. The summed E-state index contributed by atoms with van der Waals surface area (Å²) in [5.41, 5.74) is 8.98. The molecular weight excluding hydrogens is 348 g/mol. The molecule has 3 N–H and O–H groups in total. The highest BCUT2D eigenvalue weighted by molar-refractivity contribution is 5.94. The molecule has 8 nitrogen and oxygen atoms in total. The second-order valence-corrected chi connectivity index (χ2v) is 7.32. The van der Waals surface area contributed by atoms with Crippen LogP contribution in [-0.4, -0.2) is 63.0 Å². The highest BCUT2D eigenvalue weighted by atomic mass is 16.6. The SMILES string of the molecule is CC(=O)NCC[C@@H]1OC(=O)N2c3ccc(N4CCO[C@@H](CN)C4)cc3C[C@@H]12. The lowest BCUT2D eigenvalue weighted by molar-refractivity contribution is -0.119. The first kappa shape index (κ1) is 18.1. The summed E-state index contributed by atoms with van der Waals surface area (Å²) in [6.07, 6.45) is 0.946. The van der Waals surface area contributed by atoms with E-state index < -0.39 is 0 Å².